The highest BCUT2D eigenvalue weighted by Crippen LogP contribution is 2.42. The maximum Gasteiger partial charge on any atom is 0.220 e. The lowest BCUT2D eigenvalue weighted by atomic mass is 9.79. The first kappa shape index (κ1) is 20.0. The zero-order chi connectivity index (χ0) is 20.6. The molecule has 5 nitrogen and oxygen atoms in total. The van der Waals surface area contributed by atoms with Crippen molar-refractivity contribution < 1.29 is 13.6 Å². The number of likely N-dealkylation sites (tertiary alicyclic amines) is 1. The van der Waals surface area contributed by atoms with Crippen molar-refractivity contribution in [3.8, 4) is 0 Å². The second kappa shape index (κ2) is 7.86. The summed E-state index contributed by atoms with van der Waals surface area (Å²) in [5.74, 6) is -1.28. The third kappa shape index (κ3) is 3.92. The predicted molar refractivity (Wildman–Crippen MR) is 106 cm³/mol. The summed E-state index contributed by atoms with van der Waals surface area (Å²) < 4.78 is 29.9. The number of aryl methyl sites for hydroxylation is 1. The fourth-order valence-electron chi connectivity index (χ4n) is 5.04. The first-order chi connectivity index (χ1) is 13.9. The molecule has 0 bridgehead atoms. The molecule has 2 aliphatic heterocycles. The maximum absolute atomic E-state index is 14.0. The van der Waals surface area contributed by atoms with Crippen LogP contribution in [-0.2, 0) is 17.9 Å². The molecule has 3 heterocycles. The largest absolute Gasteiger partial charge is 0.349 e. The molecule has 0 aliphatic carbocycles. The van der Waals surface area contributed by atoms with Gasteiger partial charge in [0.05, 0.1) is 11.7 Å². The van der Waals surface area contributed by atoms with E-state index >= 15 is 0 Å². The van der Waals surface area contributed by atoms with Crippen LogP contribution in [0.1, 0.15) is 55.3 Å². The van der Waals surface area contributed by atoms with E-state index in [9.17, 15) is 13.6 Å². The highest BCUT2D eigenvalue weighted by molar-refractivity contribution is 5.77. The number of aromatic nitrogens is 2. The third-order valence-electron chi connectivity index (χ3n) is 6.46. The van der Waals surface area contributed by atoms with Crippen molar-refractivity contribution in [3.05, 3.63) is 52.9 Å². The highest BCUT2D eigenvalue weighted by Gasteiger charge is 2.48. The van der Waals surface area contributed by atoms with Crippen LogP contribution >= 0.6 is 0 Å². The third-order valence-corrected chi connectivity index (χ3v) is 6.46. The first-order valence-corrected chi connectivity index (χ1v) is 10.4. The second-order valence-electron chi connectivity index (χ2n) is 8.41. The van der Waals surface area contributed by atoms with Crippen LogP contribution in [0.2, 0.25) is 0 Å². The Balaban J connectivity index is 1.67. The van der Waals surface area contributed by atoms with E-state index in [1.165, 1.54) is 12.1 Å². The minimum atomic E-state index is -0.575. The smallest absolute Gasteiger partial charge is 0.220 e. The zero-order valence-corrected chi connectivity index (χ0v) is 17.0. The molecule has 7 heteroatoms. The van der Waals surface area contributed by atoms with Gasteiger partial charge >= 0.3 is 0 Å². The molecule has 2 fully saturated rings. The Kier molecular flexibility index (Phi) is 5.42. The molecule has 1 amide bonds. The molecule has 0 saturated carbocycles. The summed E-state index contributed by atoms with van der Waals surface area (Å²) in [5, 5.41) is 7.67. The molecule has 2 aromatic rings. The van der Waals surface area contributed by atoms with E-state index in [4.69, 9.17) is 0 Å². The van der Waals surface area contributed by atoms with E-state index in [0.29, 0.717) is 31.6 Å². The van der Waals surface area contributed by atoms with E-state index in [0.717, 1.165) is 43.1 Å². The van der Waals surface area contributed by atoms with Crippen LogP contribution in [0.3, 0.4) is 0 Å². The second-order valence-corrected chi connectivity index (χ2v) is 8.41. The van der Waals surface area contributed by atoms with Crippen molar-refractivity contribution in [3.63, 3.8) is 0 Å². The van der Waals surface area contributed by atoms with Crippen LogP contribution in [-0.4, -0.2) is 39.2 Å². The van der Waals surface area contributed by atoms with Gasteiger partial charge in [-0.3, -0.25) is 14.4 Å². The minimum Gasteiger partial charge on any atom is -0.349 e. The zero-order valence-electron chi connectivity index (χ0n) is 17.0. The van der Waals surface area contributed by atoms with Crippen molar-refractivity contribution in [2.45, 2.75) is 64.1 Å². The average molecular weight is 402 g/mol. The number of carbonyl (C=O) groups excluding carboxylic acids is 1. The Morgan fingerprint density at radius 2 is 2.00 bits per heavy atom. The van der Waals surface area contributed by atoms with Crippen LogP contribution in [0, 0.1) is 18.6 Å². The van der Waals surface area contributed by atoms with Crippen LogP contribution in [0.4, 0.5) is 8.78 Å². The fraction of sp³-hybridized carbons (Fsp3) is 0.545. The number of rotatable bonds is 4. The molecular weight excluding hydrogens is 374 g/mol. The molecule has 4 rings (SSSR count). The number of hydrogen-bond donors (Lipinski definition) is 1. The molecule has 0 unspecified atom stereocenters. The Bertz CT molecular complexity index is 892. The van der Waals surface area contributed by atoms with Gasteiger partial charge in [-0.25, -0.2) is 8.78 Å². The molecule has 1 N–H and O–H groups in total. The summed E-state index contributed by atoms with van der Waals surface area (Å²) in [6.07, 6.45) is 4.99. The van der Waals surface area contributed by atoms with Gasteiger partial charge in [0.25, 0.3) is 0 Å². The Morgan fingerprint density at radius 3 is 2.69 bits per heavy atom. The van der Waals surface area contributed by atoms with Gasteiger partial charge in [0.2, 0.25) is 5.91 Å². The number of carbonyl (C=O) groups is 1. The van der Waals surface area contributed by atoms with Crippen LogP contribution in [0.5, 0.6) is 0 Å². The van der Waals surface area contributed by atoms with Gasteiger partial charge in [-0.05, 0) is 44.4 Å². The Morgan fingerprint density at radius 1 is 1.24 bits per heavy atom. The Labute approximate surface area is 170 Å². The highest BCUT2D eigenvalue weighted by atomic mass is 19.1. The van der Waals surface area contributed by atoms with Crippen molar-refractivity contribution in [1.29, 1.82) is 0 Å². The summed E-state index contributed by atoms with van der Waals surface area (Å²) in [6.45, 7) is 6.95. The van der Waals surface area contributed by atoms with E-state index in [-0.39, 0.29) is 11.8 Å². The van der Waals surface area contributed by atoms with Gasteiger partial charge < -0.3 is 5.32 Å². The molecule has 0 radical (unpaired) electrons. The number of halogens is 2. The lowest BCUT2D eigenvalue weighted by Crippen LogP contribution is -2.52. The topological polar surface area (TPSA) is 50.2 Å². The Hall–Kier alpha value is -2.28. The number of nitrogens with one attached hydrogen (secondary N) is 1. The quantitative estimate of drug-likeness (QED) is 0.851. The molecule has 2 atom stereocenters. The average Bonchev–Trinajstić information content (AvgIpc) is 3.12. The van der Waals surface area contributed by atoms with E-state index in [2.05, 4.69) is 29.2 Å². The van der Waals surface area contributed by atoms with Gasteiger partial charge in [-0.2, -0.15) is 5.10 Å². The van der Waals surface area contributed by atoms with Crippen LogP contribution < -0.4 is 5.32 Å². The molecule has 1 aromatic heterocycles. The monoisotopic (exact) mass is 402 g/mol. The van der Waals surface area contributed by atoms with Gasteiger partial charge in [-0.15, -0.1) is 0 Å². The first-order valence-electron chi connectivity index (χ1n) is 10.4. The van der Waals surface area contributed by atoms with Gasteiger partial charge in [-0.1, -0.05) is 6.42 Å². The fourth-order valence-corrected chi connectivity index (χ4v) is 5.04. The number of hydrogen-bond acceptors (Lipinski definition) is 3. The number of amides is 1. The van der Waals surface area contributed by atoms with Gasteiger partial charge in [0, 0.05) is 55.8 Å². The maximum atomic E-state index is 14.0. The van der Waals surface area contributed by atoms with Gasteiger partial charge in [0.1, 0.15) is 11.6 Å². The van der Waals surface area contributed by atoms with Crippen molar-refractivity contribution >= 4 is 5.91 Å². The summed E-state index contributed by atoms with van der Waals surface area (Å²) in [6, 6.07) is 3.73. The molecule has 29 heavy (non-hydrogen) atoms. The van der Waals surface area contributed by atoms with E-state index in [1.807, 2.05) is 10.9 Å². The summed E-state index contributed by atoms with van der Waals surface area (Å²) in [4.78, 5) is 14.7. The number of nitrogens with zero attached hydrogens (tertiary/aromatic N) is 3. The van der Waals surface area contributed by atoms with Crippen molar-refractivity contribution in [1.82, 2.24) is 20.0 Å². The molecule has 1 spiro atoms. The molecule has 1 aromatic carbocycles. The molecule has 2 aliphatic rings. The molecule has 2 saturated heterocycles. The van der Waals surface area contributed by atoms with Crippen molar-refractivity contribution in [2.24, 2.45) is 0 Å². The lowest BCUT2D eigenvalue weighted by Gasteiger charge is -2.35. The standard InChI is InChI=1S/C22H28F2N4O/c1-3-28-15(2)17(11-25-28)12-27-13-20(16-8-18(23)10-19(24)9-16)22(14-27)7-5-4-6-21(29)26-22/h8-11,20H,3-7,12-14H2,1-2H3,(H,26,29)/t20-,22+/m0/s1. The minimum absolute atomic E-state index is 0.0289. The van der Waals surface area contributed by atoms with Crippen LogP contribution in [0.25, 0.3) is 0 Å². The summed E-state index contributed by atoms with van der Waals surface area (Å²) in [7, 11) is 0. The molecular formula is C22H28F2N4O. The van der Waals surface area contributed by atoms with Crippen molar-refractivity contribution in [2.75, 3.05) is 13.1 Å². The lowest BCUT2D eigenvalue weighted by molar-refractivity contribution is -0.122. The SMILES string of the molecule is CCn1ncc(CN2C[C@@H](c3cc(F)cc(F)c3)[C@@]3(CCCCC(=O)N3)C2)c1C. The predicted octanol–water partition coefficient (Wildman–Crippen LogP) is 3.52. The normalized spacial score (nSPS) is 25.4. The van der Waals surface area contributed by atoms with Gasteiger partial charge in [0.15, 0.2) is 0 Å². The summed E-state index contributed by atoms with van der Waals surface area (Å²) >= 11 is 0. The summed E-state index contributed by atoms with van der Waals surface area (Å²) in [5.41, 5.74) is 2.40. The van der Waals surface area contributed by atoms with Crippen LogP contribution in [0.15, 0.2) is 24.4 Å². The molecule has 156 valence electrons. The number of benzene rings is 1. The van der Waals surface area contributed by atoms with E-state index in [1.54, 1.807) is 0 Å². The van der Waals surface area contributed by atoms with E-state index < -0.39 is 17.2 Å².